The molecule has 2 heterocycles. The summed E-state index contributed by atoms with van der Waals surface area (Å²) in [4.78, 5) is 26.9. The fourth-order valence-corrected chi connectivity index (χ4v) is 3.80. The summed E-state index contributed by atoms with van der Waals surface area (Å²) in [6.07, 6.45) is 3.40. The summed E-state index contributed by atoms with van der Waals surface area (Å²) in [5.41, 5.74) is 5.37. The molecule has 10 nitrogen and oxygen atoms in total. The Balaban J connectivity index is 1.47. The van der Waals surface area contributed by atoms with Gasteiger partial charge in [-0.2, -0.15) is 5.10 Å². The molecule has 0 bridgehead atoms. The standard InChI is InChI=1S/C23H19N7O3S/c1-16(17-9-11-20(12-10-17)30(32)33)25-26-21(31)15-34-23-28-27-22(18-6-5-13-24-14-18)29(23)19-7-3-2-4-8-19/h2-14H,15H2,1H3,(H,26,31)/b25-16+. The molecular formula is C23H19N7O3S. The van der Waals surface area contributed by atoms with Crippen molar-refractivity contribution < 1.29 is 9.72 Å². The van der Waals surface area contributed by atoms with E-state index in [1.54, 1.807) is 31.5 Å². The van der Waals surface area contributed by atoms with Crippen molar-refractivity contribution in [1.29, 1.82) is 0 Å². The van der Waals surface area contributed by atoms with E-state index in [1.807, 2.05) is 47.0 Å². The van der Waals surface area contributed by atoms with E-state index < -0.39 is 4.92 Å². The summed E-state index contributed by atoms with van der Waals surface area (Å²) < 4.78 is 1.88. The van der Waals surface area contributed by atoms with E-state index >= 15 is 0 Å². The average Bonchev–Trinajstić information content (AvgIpc) is 3.31. The maximum absolute atomic E-state index is 12.4. The lowest BCUT2D eigenvalue weighted by atomic mass is 10.1. The zero-order valence-corrected chi connectivity index (χ0v) is 18.8. The van der Waals surface area contributed by atoms with Gasteiger partial charge in [-0.15, -0.1) is 10.2 Å². The summed E-state index contributed by atoms with van der Waals surface area (Å²) in [5.74, 6) is 0.362. The van der Waals surface area contributed by atoms with E-state index in [4.69, 9.17) is 0 Å². The SMILES string of the molecule is C/C(=N\NC(=O)CSc1nnc(-c2cccnc2)n1-c1ccccc1)c1ccc([N+](=O)[O-])cc1. The van der Waals surface area contributed by atoms with Gasteiger partial charge in [-0.05, 0) is 48.9 Å². The molecule has 1 amide bonds. The molecule has 34 heavy (non-hydrogen) atoms. The molecule has 170 valence electrons. The third kappa shape index (κ3) is 5.33. The topological polar surface area (TPSA) is 128 Å². The van der Waals surface area contributed by atoms with Crippen LogP contribution in [0.25, 0.3) is 17.1 Å². The van der Waals surface area contributed by atoms with Crippen molar-refractivity contribution in [2.24, 2.45) is 5.10 Å². The minimum atomic E-state index is -0.469. The number of para-hydroxylation sites is 1. The Labute approximate surface area is 198 Å². The van der Waals surface area contributed by atoms with Crippen LogP contribution in [-0.4, -0.2) is 42.0 Å². The van der Waals surface area contributed by atoms with Crippen LogP contribution in [0.4, 0.5) is 5.69 Å². The number of hydrazone groups is 1. The number of nitro benzene ring substituents is 1. The van der Waals surface area contributed by atoms with E-state index in [1.165, 1.54) is 23.9 Å². The van der Waals surface area contributed by atoms with E-state index in [-0.39, 0.29) is 17.3 Å². The maximum Gasteiger partial charge on any atom is 0.269 e. The second kappa shape index (κ2) is 10.5. The van der Waals surface area contributed by atoms with Gasteiger partial charge in [-0.3, -0.25) is 24.5 Å². The molecule has 0 fully saturated rings. The molecule has 11 heteroatoms. The van der Waals surface area contributed by atoms with Gasteiger partial charge in [0.1, 0.15) is 0 Å². The highest BCUT2D eigenvalue weighted by Gasteiger charge is 2.17. The Hall–Kier alpha value is -4.38. The number of nitro groups is 1. The van der Waals surface area contributed by atoms with E-state index in [0.29, 0.717) is 22.3 Å². The second-order valence-electron chi connectivity index (χ2n) is 7.04. The number of thioether (sulfide) groups is 1. The number of benzene rings is 2. The third-order valence-corrected chi connectivity index (χ3v) is 5.67. The Morgan fingerprint density at radius 1 is 1.09 bits per heavy atom. The Morgan fingerprint density at radius 3 is 2.53 bits per heavy atom. The van der Waals surface area contributed by atoms with Gasteiger partial charge in [-0.25, -0.2) is 5.43 Å². The lowest BCUT2D eigenvalue weighted by Crippen LogP contribution is -2.21. The molecule has 2 aromatic heterocycles. The largest absolute Gasteiger partial charge is 0.272 e. The molecular weight excluding hydrogens is 454 g/mol. The fourth-order valence-electron chi connectivity index (χ4n) is 3.05. The first-order valence-corrected chi connectivity index (χ1v) is 11.1. The van der Waals surface area contributed by atoms with Crippen LogP contribution in [0.2, 0.25) is 0 Å². The molecule has 4 aromatic rings. The molecule has 0 radical (unpaired) electrons. The molecule has 0 saturated heterocycles. The Morgan fingerprint density at radius 2 is 1.85 bits per heavy atom. The first kappa shape index (κ1) is 22.8. The van der Waals surface area contributed by atoms with Crippen LogP contribution in [-0.2, 0) is 4.79 Å². The zero-order valence-electron chi connectivity index (χ0n) is 18.0. The summed E-state index contributed by atoms with van der Waals surface area (Å²) in [6, 6.07) is 19.3. The highest BCUT2D eigenvalue weighted by Crippen LogP contribution is 2.27. The third-order valence-electron chi connectivity index (χ3n) is 4.74. The van der Waals surface area contributed by atoms with Crippen molar-refractivity contribution in [3.05, 3.63) is 94.8 Å². The minimum absolute atomic E-state index is 0.00911. The smallest absolute Gasteiger partial charge is 0.269 e. The number of amides is 1. The van der Waals surface area contributed by atoms with Gasteiger partial charge in [0.05, 0.1) is 16.4 Å². The van der Waals surface area contributed by atoms with Crippen molar-refractivity contribution in [2.45, 2.75) is 12.1 Å². The van der Waals surface area contributed by atoms with Crippen LogP contribution in [0.3, 0.4) is 0 Å². The zero-order chi connectivity index (χ0) is 23.9. The van der Waals surface area contributed by atoms with Gasteiger partial charge in [-0.1, -0.05) is 30.0 Å². The number of carbonyl (C=O) groups excluding carboxylic acids is 1. The average molecular weight is 474 g/mol. The van der Waals surface area contributed by atoms with Gasteiger partial charge in [0.2, 0.25) is 0 Å². The number of pyridine rings is 1. The number of hydrogen-bond acceptors (Lipinski definition) is 8. The molecule has 2 aromatic carbocycles. The lowest BCUT2D eigenvalue weighted by molar-refractivity contribution is -0.384. The number of rotatable bonds is 8. The van der Waals surface area contributed by atoms with Crippen LogP contribution < -0.4 is 5.43 Å². The molecule has 0 atom stereocenters. The van der Waals surface area contributed by atoms with Crippen molar-refractivity contribution in [3.63, 3.8) is 0 Å². The van der Waals surface area contributed by atoms with Crippen molar-refractivity contribution >= 4 is 29.1 Å². The normalized spacial score (nSPS) is 11.3. The molecule has 0 spiro atoms. The Kier molecular flexibility index (Phi) is 7.04. The van der Waals surface area contributed by atoms with Crippen LogP contribution in [0.15, 0.2) is 89.4 Å². The molecule has 0 aliphatic heterocycles. The van der Waals surface area contributed by atoms with Gasteiger partial charge in [0.15, 0.2) is 11.0 Å². The fraction of sp³-hybridized carbons (Fsp3) is 0.0870. The van der Waals surface area contributed by atoms with Gasteiger partial charge >= 0.3 is 0 Å². The van der Waals surface area contributed by atoms with E-state index in [9.17, 15) is 14.9 Å². The van der Waals surface area contributed by atoms with Crippen molar-refractivity contribution in [1.82, 2.24) is 25.2 Å². The summed E-state index contributed by atoms with van der Waals surface area (Å²) in [5, 5.41) is 24.0. The monoisotopic (exact) mass is 473 g/mol. The first-order valence-electron chi connectivity index (χ1n) is 10.1. The van der Waals surface area contributed by atoms with E-state index in [2.05, 4.69) is 25.7 Å². The molecule has 0 unspecified atom stereocenters. The molecule has 4 rings (SSSR count). The first-order chi connectivity index (χ1) is 16.5. The van der Waals surface area contributed by atoms with Gasteiger partial charge in [0.25, 0.3) is 11.6 Å². The summed E-state index contributed by atoms with van der Waals surface area (Å²) in [7, 11) is 0. The van der Waals surface area contributed by atoms with Crippen LogP contribution in [0.1, 0.15) is 12.5 Å². The van der Waals surface area contributed by atoms with Gasteiger partial charge in [0, 0.05) is 35.8 Å². The number of hydrogen-bond donors (Lipinski definition) is 1. The molecule has 1 N–H and O–H groups in total. The van der Waals surface area contributed by atoms with Crippen molar-refractivity contribution in [3.8, 4) is 17.1 Å². The van der Waals surface area contributed by atoms with Crippen LogP contribution in [0.5, 0.6) is 0 Å². The molecule has 0 aliphatic rings. The summed E-state index contributed by atoms with van der Waals surface area (Å²) >= 11 is 1.23. The quantitative estimate of drug-likeness (QED) is 0.178. The van der Waals surface area contributed by atoms with Crippen LogP contribution >= 0.6 is 11.8 Å². The van der Waals surface area contributed by atoms with Crippen molar-refractivity contribution in [2.75, 3.05) is 5.75 Å². The number of nitrogens with zero attached hydrogens (tertiary/aromatic N) is 6. The highest BCUT2D eigenvalue weighted by atomic mass is 32.2. The predicted molar refractivity (Wildman–Crippen MR) is 129 cm³/mol. The number of carbonyl (C=O) groups is 1. The summed E-state index contributed by atoms with van der Waals surface area (Å²) in [6.45, 7) is 1.71. The lowest BCUT2D eigenvalue weighted by Gasteiger charge is -2.10. The maximum atomic E-state index is 12.4. The number of aromatic nitrogens is 4. The highest BCUT2D eigenvalue weighted by molar-refractivity contribution is 7.99. The predicted octanol–water partition coefficient (Wildman–Crippen LogP) is 3.87. The Bertz CT molecular complexity index is 1320. The van der Waals surface area contributed by atoms with Gasteiger partial charge < -0.3 is 0 Å². The second-order valence-corrected chi connectivity index (χ2v) is 7.99. The molecule has 0 saturated carbocycles. The minimum Gasteiger partial charge on any atom is -0.272 e. The molecule has 0 aliphatic carbocycles. The van der Waals surface area contributed by atoms with Crippen LogP contribution in [0, 0.1) is 10.1 Å². The number of non-ortho nitro benzene ring substituents is 1. The number of nitrogens with one attached hydrogen (secondary N) is 1. The van der Waals surface area contributed by atoms with E-state index in [0.717, 1.165) is 11.3 Å².